The maximum atomic E-state index is 13.4. The van der Waals surface area contributed by atoms with Crippen LogP contribution in [-0.4, -0.2) is 80.8 Å². The highest BCUT2D eigenvalue weighted by atomic mass is 32.2. The van der Waals surface area contributed by atoms with Gasteiger partial charge in [0.25, 0.3) is 5.91 Å². The van der Waals surface area contributed by atoms with E-state index in [1.54, 1.807) is 13.2 Å². The second-order valence-corrected chi connectivity index (χ2v) is 13.0. The first-order chi connectivity index (χ1) is 20.0. The SMILES string of the molecule is CO[C@H]1CC(COc2ccccc2)N(Cc2ccc(C(=O)N[C@@H](CCS(C)(=O)=O)C(=O)O)c(-c3ccccc3C)c2)C1. The summed E-state index contributed by atoms with van der Waals surface area (Å²) in [6.07, 6.45) is 1.73. The van der Waals surface area contributed by atoms with E-state index in [-0.39, 0.29) is 24.3 Å². The van der Waals surface area contributed by atoms with Crippen LogP contribution < -0.4 is 10.1 Å². The van der Waals surface area contributed by atoms with Crippen molar-refractivity contribution in [2.24, 2.45) is 0 Å². The number of aliphatic carboxylic acids is 1. The Labute approximate surface area is 247 Å². The first-order valence-electron chi connectivity index (χ1n) is 13.9. The summed E-state index contributed by atoms with van der Waals surface area (Å²) in [5, 5.41) is 12.2. The number of hydrogen-bond donors (Lipinski definition) is 2. The fourth-order valence-corrected chi connectivity index (χ4v) is 5.89. The Hall–Kier alpha value is -3.73. The molecule has 42 heavy (non-hydrogen) atoms. The Bertz CT molecular complexity index is 1490. The van der Waals surface area contributed by atoms with Crippen LogP contribution >= 0.6 is 0 Å². The number of carboxylic acids is 1. The minimum atomic E-state index is -3.39. The summed E-state index contributed by atoms with van der Waals surface area (Å²) < 4.78 is 35.0. The summed E-state index contributed by atoms with van der Waals surface area (Å²) in [6.45, 7) is 3.81. The number of benzene rings is 3. The Morgan fingerprint density at radius 3 is 2.43 bits per heavy atom. The van der Waals surface area contributed by atoms with Gasteiger partial charge in [0.2, 0.25) is 0 Å². The minimum absolute atomic E-state index is 0.0788. The number of sulfone groups is 1. The van der Waals surface area contributed by atoms with Gasteiger partial charge in [0, 0.05) is 38.1 Å². The van der Waals surface area contributed by atoms with Crippen molar-refractivity contribution in [2.45, 2.75) is 44.5 Å². The number of carboxylic acid groups (broad SMARTS) is 1. The zero-order chi connectivity index (χ0) is 30.3. The van der Waals surface area contributed by atoms with Gasteiger partial charge in [-0.25, -0.2) is 13.2 Å². The number of likely N-dealkylation sites (tertiary alicyclic amines) is 1. The number of amides is 1. The molecule has 2 N–H and O–H groups in total. The monoisotopic (exact) mass is 594 g/mol. The van der Waals surface area contributed by atoms with Gasteiger partial charge in [0.1, 0.15) is 28.2 Å². The normalized spacial score (nSPS) is 18.0. The maximum Gasteiger partial charge on any atom is 0.326 e. The molecule has 9 nitrogen and oxygen atoms in total. The van der Waals surface area contributed by atoms with Gasteiger partial charge in [0.15, 0.2) is 0 Å². The van der Waals surface area contributed by atoms with Crippen molar-refractivity contribution < 1.29 is 32.6 Å². The summed E-state index contributed by atoms with van der Waals surface area (Å²) >= 11 is 0. The number of rotatable bonds is 13. The van der Waals surface area contributed by atoms with Crippen LogP contribution in [0.4, 0.5) is 0 Å². The summed E-state index contributed by atoms with van der Waals surface area (Å²) in [7, 11) is -1.68. The van der Waals surface area contributed by atoms with Crippen LogP contribution in [0, 0.1) is 6.92 Å². The van der Waals surface area contributed by atoms with E-state index in [4.69, 9.17) is 9.47 Å². The van der Waals surface area contributed by atoms with E-state index in [0.717, 1.165) is 41.7 Å². The van der Waals surface area contributed by atoms with Crippen LogP contribution in [0.5, 0.6) is 5.75 Å². The molecule has 3 aromatic carbocycles. The molecule has 3 aromatic rings. The number of ether oxygens (including phenoxy) is 2. The predicted molar refractivity (Wildman–Crippen MR) is 161 cm³/mol. The fourth-order valence-electron chi connectivity index (χ4n) is 5.23. The molecule has 0 spiro atoms. The average molecular weight is 595 g/mol. The van der Waals surface area contributed by atoms with Gasteiger partial charge in [0.05, 0.1) is 11.9 Å². The zero-order valence-electron chi connectivity index (χ0n) is 24.2. The van der Waals surface area contributed by atoms with Crippen LogP contribution in [0.2, 0.25) is 0 Å². The van der Waals surface area contributed by atoms with Gasteiger partial charge in [-0.15, -0.1) is 0 Å². The lowest BCUT2D eigenvalue weighted by Crippen LogP contribution is -2.42. The van der Waals surface area contributed by atoms with Gasteiger partial charge in [-0.05, 0) is 66.3 Å². The van der Waals surface area contributed by atoms with Crippen molar-refractivity contribution in [1.82, 2.24) is 10.2 Å². The molecule has 1 amide bonds. The molecule has 1 unspecified atom stereocenters. The largest absolute Gasteiger partial charge is 0.492 e. The third-order valence-electron chi connectivity index (χ3n) is 7.54. The highest BCUT2D eigenvalue weighted by Crippen LogP contribution is 2.30. The van der Waals surface area contributed by atoms with Crippen molar-refractivity contribution in [3.05, 3.63) is 89.5 Å². The van der Waals surface area contributed by atoms with Gasteiger partial charge >= 0.3 is 5.97 Å². The molecule has 10 heteroatoms. The molecule has 4 rings (SSSR count). The van der Waals surface area contributed by atoms with Crippen molar-refractivity contribution in [1.29, 1.82) is 0 Å². The molecule has 0 aliphatic carbocycles. The number of carbonyl (C=O) groups is 2. The molecule has 1 saturated heterocycles. The van der Waals surface area contributed by atoms with E-state index in [1.165, 1.54) is 0 Å². The number of hydrogen-bond acceptors (Lipinski definition) is 7. The highest BCUT2D eigenvalue weighted by Gasteiger charge is 2.33. The lowest BCUT2D eigenvalue weighted by molar-refractivity contribution is -0.139. The van der Waals surface area contributed by atoms with E-state index in [9.17, 15) is 23.1 Å². The Morgan fingerprint density at radius 1 is 1.05 bits per heavy atom. The first kappa shape index (κ1) is 31.2. The number of nitrogens with one attached hydrogen (secondary N) is 1. The molecule has 224 valence electrons. The summed E-state index contributed by atoms with van der Waals surface area (Å²) in [5.74, 6) is -1.39. The molecule has 0 aromatic heterocycles. The minimum Gasteiger partial charge on any atom is -0.492 e. The van der Waals surface area contributed by atoms with Crippen LogP contribution in [0.15, 0.2) is 72.8 Å². The van der Waals surface area contributed by atoms with Crippen LogP contribution in [-0.2, 0) is 25.9 Å². The lowest BCUT2D eigenvalue weighted by atomic mass is 9.93. The van der Waals surface area contributed by atoms with Crippen molar-refractivity contribution in [3.8, 4) is 16.9 Å². The molecule has 3 atom stereocenters. The smallest absolute Gasteiger partial charge is 0.326 e. The highest BCUT2D eigenvalue weighted by molar-refractivity contribution is 7.90. The van der Waals surface area contributed by atoms with E-state index >= 15 is 0 Å². The molecule has 0 saturated carbocycles. The Morgan fingerprint density at radius 2 is 1.76 bits per heavy atom. The van der Waals surface area contributed by atoms with E-state index < -0.39 is 27.8 Å². The van der Waals surface area contributed by atoms with E-state index in [1.807, 2.05) is 73.7 Å². The number of aryl methyl sites for hydroxylation is 1. The second-order valence-electron chi connectivity index (χ2n) is 10.8. The van der Waals surface area contributed by atoms with Crippen molar-refractivity contribution >= 4 is 21.7 Å². The number of nitrogens with zero attached hydrogens (tertiary/aromatic N) is 1. The van der Waals surface area contributed by atoms with Gasteiger partial charge in [-0.1, -0.05) is 48.5 Å². The predicted octanol–water partition coefficient (Wildman–Crippen LogP) is 3.95. The van der Waals surface area contributed by atoms with Crippen LogP contribution in [0.3, 0.4) is 0 Å². The van der Waals surface area contributed by atoms with Crippen molar-refractivity contribution in [3.63, 3.8) is 0 Å². The average Bonchev–Trinajstić information content (AvgIpc) is 3.35. The summed E-state index contributed by atoms with van der Waals surface area (Å²) in [6, 6.07) is 21.7. The van der Waals surface area contributed by atoms with Crippen molar-refractivity contribution in [2.75, 3.05) is 32.3 Å². The number of methoxy groups -OCH3 is 1. The number of para-hydroxylation sites is 1. The second kappa shape index (κ2) is 14.0. The Kier molecular flexibility index (Phi) is 10.4. The number of carbonyl (C=O) groups excluding carboxylic acids is 1. The lowest BCUT2D eigenvalue weighted by Gasteiger charge is -2.25. The van der Waals surface area contributed by atoms with Crippen LogP contribution in [0.25, 0.3) is 11.1 Å². The quantitative estimate of drug-likeness (QED) is 0.305. The third kappa shape index (κ3) is 8.40. The van der Waals surface area contributed by atoms with Gasteiger partial charge in [-0.3, -0.25) is 9.69 Å². The van der Waals surface area contributed by atoms with Gasteiger partial charge in [-0.2, -0.15) is 0 Å². The van der Waals surface area contributed by atoms with Crippen LogP contribution in [0.1, 0.15) is 34.3 Å². The summed E-state index contributed by atoms with van der Waals surface area (Å²) in [5.41, 5.74) is 3.80. The summed E-state index contributed by atoms with van der Waals surface area (Å²) in [4.78, 5) is 27.6. The standard InChI is InChI=1S/C32H38N2O7S/c1-22-9-7-8-12-27(22)29-17-23(13-14-28(29)31(35)33-30(32(36)37)15-16-42(3,38)39)19-34-20-26(40-2)18-24(34)21-41-25-10-5-4-6-11-25/h4-14,17,24,26,30H,15-16,18-21H2,1-3H3,(H,33,35)(H,36,37)/t24?,26-,30-/m0/s1. The third-order valence-corrected chi connectivity index (χ3v) is 8.52. The molecular weight excluding hydrogens is 556 g/mol. The molecule has 1 aliphatic heterocycles. The van der Waals surface area contributed by atoms with Gasteiger partial charge < -0.3 is 19.9 Å². The molecule has 1 heterocycles. The fraction of sp³-hybridized carbons (Fsp3) is 0.375. The molecular formula is C32H38N2O7S. The van der Waals surface area contributed by atoms with E-state index in [2.05, 4.69) is 10.2 Å². The molecule has 1 fully saturated rings. The molecule has 0 bridgehead atoms. The molecule has 1 aliphatic rings. The first-order valence-corrected chi connectivity index (χ1v) is 15.9. The molecule has 0 radical (unpaired) electrons. The Balaban J connectivity index is 1.59. The van der Waals surface area contributed by atoms with E-state index in [0.29, 0.717) is 24.3 Å². The maximum absolute atomic E-state index is 13.4. The zero-order valence-corrected chi connectivity index (χ0v) is 25.0. The topological polar surface area (TPSA) is 122 Å².